The Morgan fingerprint density at radius 3 is 2.93 bits per heavy atom. The van der Waals surface area contributed by atoms with Crippen LogP contribution in [0.2, 0.25) is 0 Å². The molecule has 1 saturated heterocycles. The Bertz CT molecular complexity index is 1000. The molecule has 2 aromatic heterocycles. The van der Waals surface area contributed by atoms with Crippen molar-refractivity contribution in [1.29, 1.82) is 0 Å². The molecule has 2 N–H and O–H groups in total. The lowest BCUT2D eigenvalue weighted by atomic mass is 10.2. The van der Waals surface area contributed by atoms with Crippen LogP contribution < -0.4 is 10.5 Å². The smallest absolute Gasteiger partial charge is 0.160 e. The number of rotatable bonds is 5. The molecule has 148 valence electrons. The molecule has 3 aromatic rings. The van der Waals surface area contributed by atoms with Crippen molar-refractivity contribution in [2.24, 2.45) is 0 Å². The zero-order chi connectivity index (χ0) is 19.7. The highest BCUT2D eigenvalue weighted by Gasteiger charge is 2.22. The number of aromatic nitrogens is 3. The number of anilines is 1. The van der Waals surface area contributed by atoms with E-state index < -0.39 is 11.6 Å². The highest BCUT2D eigenvalue weighted by molar-refractivity contribution is 5.79. The highest BCUT2D eigenvalue weighted by Crippen LogP contribution is 2.29. The van der Waals surface area contributed by atoms with Gasteiger partial charge in [-0.1, -0.05) is 6.92 Å². The monoisotopic (exact) mass is 388 g/mol. The van der Waals surface area contributed by atoms with Crippen molar-refractivity contribution in [2.75, 3.05) is 12.3 Å². The van der Waals surface area contributed by atoms with Crippen LogP contribution in [-0.2, 0) is 17.8 Å². The predicted octanol–water partition coefficient (Wildman–Crippen LogP) is 4.13. The van der Waals surface area contributed by atoms with Crippen LogP contribution in [0.3, 0.4) is 0 Å². The topological polar surface area (TPSA) is 75.2 Å². The van der Waals surface area contributed by atoms with Crippen LogP contribution in [0.15, 0.2) is 24.4 Å². The van der Waals surface area contributed by atoms with Gasteiger partial charge in [0.15, 0.2) is 17.7 Å². The van der Waals surface area contributed by atoms with Gasteiger partial charge >= 0.3 is 0 Å². The van der Waals surface area contributed by atoms with Gasteiger partial charge in [0.05, 0.1) is 23.1 Å². The Kier molecular flexibility index (Phi) is 5.13. The van der Waals surface area contributed by atoms with E-state index in [1.165, 1.54) is 12.3 Å². The molecule has 1 aromatic carbocycles. The summed E-state index contributed by atoms with van der Waals surface area (Å²) in [5.74, 6) is -1.09. The van der Waals surface area contributed by atoms with Crippen molar-refractivity contribution in [1.82, 2.24) is 14.8 Å². The van der Waals surface area contributed by atoms with Crippen molar-refractivity contribution in [3.8, 4) is 5.75 Å². The van der Waals surface area contributed by atoms with Crippen molar-refractivity contribution in [3.05, 3.63) is 47.3 Å². The van der Waals surface area contributed by atoms with Crippen LogP contribution >= 0.6 is 0 Å². The number of nitrogens with two attached hydrogens (primary N) is 1. The van der Waals surface area contributed by atoms with E-state index in [-0.39, 0.29) is 24.1 Å². The van der Waals surface area contributed by atoms with E-state index in [1.807, 2.05) is 11.6 Å². The van der Waals surface area contributed by atoms with Crippen molar-refractivity contribution in [3.63, 3.8) is 0 Å². The fraction of sp³-hybridized carbons (Fsp3) is 0.400. The average Bonchev–Trinajstić information content (AvgIpc) is 3.09. The minimum atomic E-state index is -0.800. The third-order valence-electron chi connectivity index (χ3n) is 4.96. The minimum absolute atomic E-state index is 0.115. The number of hydrogen-bond acceptors (Lipinski definition) is 5. The standard InChI is InChI=1S/C20H22F2N4O2/c1-2-17-13-9-12(28-11-14-15(21)6-7-16(23)19(14)22)10-24-20(13)26(25-17)18-5-3-4-8-27-18/h6-7,9-10,18H,2-5,8,11,23H2,1H3. The maximum atomic E-state index is 14.1. The summed E-state index contributed by atoms with van der Waals surface area (Å²) < 4.78 is 41.2. The molecule has 0 aliphatic carbocycles. The third kappa shape index (κ3) is 3.40. The van der Waals surface area contributed by atoms with Crippen molar-refractivity contribution < 1.29 is 18.3 Å². The summed E-state index contributed by atoms with van der Waals surface area (Å²) in [5.41, 5.74) is 6.79. The first-order valence-corrected chi connectivity index (χ1v) is 9.42. The van der Waals surface area contributed by atoms with Crippen LogP contribution in [0.4, 0.5) is 14.5 Å². The molecule has 0 spiro atoms. The molecule has 1 fully saturated rings. The number of ether oxygens (including phenoxy) is 2. The molecule has 1 aliphatic heterocycles. The van der Waals surface area contributed by atoms with Gasteiger partial charge in [-0.25, -0.2) is 18.4 Å². The van der Waals surface area contributed by atoms with E-state index in [0.717, 1.165) is 48.5 Å². The largest absolute Gasteiger partial charge is 0.487 e. The van der Waals surface area contributed by atoms with Gasteiger partial charge in [0.1, 0.15) is 18.2 Å². The second-order valence-electron chi connectivity index (χ2n) is 6.83. The van der Waals surface area contributed by atoms with Gasteiger partial charge in [0.2, 0.25) is 0 Å². The van der Waals surface area contributed by atoms with Crippen LogP contribution in [0.25, 0.3) is 11.0 Å². The molecule has 0 saturated carbocycles. The van der Waals surface area contributed by atoms with E-state index in [0.29, 0.717) is 12.4 Å². The first-order valence-electron chi connectivity index (χ1n) is 9.42. The van der Waals surface area contributed by atoms with Crippen LogP contribution in [0.1, 0.15) is 43.7 Å². The summed E-state index contributed by atoms with van der Waals surface area (Å²) in [4.78, 5) is 4.48. The molecule has 0 bridgehead atoms. The molecule has 0 amide bonds. The Balaban J connectivity index is 1.62. The fourth-order valence-electron chi connectivity index (χ4n) is 3.43. The molecule has 8 heteroatoms. The van der Waals surface area contributed by atoms with Gasteiger partial charge < -0.3 is 15.2 Å². The van der Waals surface area contributed by atoms with Gasteiger partial charge in [-0.3, -0.25) is 0 Å². The molecule has 3 heterocycles. The van der Waals surface area contributed by atoms with Gasteiger partial charge in [0.25, 0.3) is 0 Å². The second-order valence-corrected chi connectivity index (χ2v) is 6.83. The van der Waals surface area contributed by atoms with E-state index >= 15 is 0 Å². The number of fused-ring (bicyclic) bond motifs is 1. The first-order chi connectivity index (χ1) is 13.6. The Morgan fingerprint density at radius 1 is 1.32 bits per heavy atom. The molecule has 28 heavy (non-hydrogen) atoms. The number of nitrogens with zero attached hydrogens (tertiary/aromatic N) is 3. The Labute approximate surface area is 161 Å². The summed E-state index contributed by atoms with van der Waals surface area (Å²) in [6.07, 6.45) is 5.18. The first kappa shape index (κ1) is 18.6. The van der Waals surface area contributed by atoms with Crippen molar-refractivity contribution >= 4 is 16.7 Å². The Hall–Kier alpha value is -2.74. The summed E-state index contributed by atoms with van der Waals surface area (Å²) in [5, 5.41) is 5.52. The van der Waals surface area contributed by atoms with Gasteiger partial charge in [-0.15, -0.1) is 0 Å². The number of pyridine rings is 1. The number of aryl methyl sites for hydroxylation is 1. The molecule has 0 radical (unpaired) electrons. The lowest BCUT2D eigenvalue weighted by Gasteiger charge is -2.23. The second kappa shape index (κ2) is 7.71. The van der Waals surface area contributed by atoms with E-state index in [4.69, 9.17) is 15.2 Å². The zero-order valence-corrected chi connectivity index (χ0v) is 15.6. The molecule has 1 unspecified atom stereocenters. The summed E-state index contributed by atoms with van der Waals surface area (Å²) in [6.45, 7) is 2.45. The van der Waals surface area contributed by atoms with E-state index in [9.17, 15) is 8.78 Å². The fourth-order valence-corrected chi connectivity index (χ4v) is 3.43. The molecule has 1 atom stereocenters. The van der Waals surface area contributed by atoms with Gasteiger partial charge in [-0.05, 0) is 43.9 Å². The number of hydrogen-bond donors (Lipinski definition) is 1. The molecule has 1 aliphatic rings. The number of nitrogen functional groups attached to an aromatic ring is 1. The van der Waals surface area contributed by atoms with E-state index in [2.05, 4.69) is 10.1 Å². The maximum Gasteiger partial charge on any atom is 0.160 e. The van der Waals surface area contributed by atoms with Crippen LogP contribution in [0.5, 0.6) is 5.75 Å². The molecular weight excluding hydrogens is 366 g/mol. The number of benzene rings is 1. The van der Waals surface area contributed by atoms with E-state index in [1.54, 1.807) is 6.07 Å². The number of halogens is 2. The normalized spacial score (nSPS) is 17.2. The molecule has 4 rings (SSSR count). The minimum Gasteiger partial charge on any atom is -0.487 e. The van der Waals surface area contributed by atoms with Crippen LogP contribution in [0, 0.1) is 11.6 Å². The van der Waals surface area contributed by atoms with Gasteiger partial charge in [0, 0.05) is 12.0 Å². The lowest BCUT2D eigenvalue weighted by Crippen LogP contribution is -2.19. The van der Waals surface area contributed by atoms with Gasteiger partial charge in [-0.2, -0.15) is 5.10 Å². The maximum absolute atomic E-state index is 14.1. The lowest BCUT2D eigenvalue weighted by molar-refractivity contribution is -0.0372. The third-order valence-corrected chi connectivity index (χ3v) is 4.96. The molecular formula is C20H22F2N4O2. The average molecular weight is 388 g/mol. The quantitative estimate of drug-likeness (QED) is 0.665. The zero-order valence-electron chi connectivity index (χ0n) is 15.6. The SMILES string of the molecule is CCc1nn(C2CCCCO2)c2ncc(OCc3c(F)ccc(N)c3F)cc12. The highest BCUT2D eigenvalue weighted by atomic mass is 19.1. The van der Waals surface area contributed by atoms with Crippen LogP contribution in [-0.4, -0.2) is 21.4 Å². The summed E-state index contributed by atoms with van der Waals surface area (Å²) in [7, 11) is 0. The summed E-state index contributed by atoms with van der Waals surface area (Å²) >= 11 is 0. The Morgan fingerprint density at radius 2 is 2.18 bits per heavy atom. The predicted molar refractivity (Wildman–Crippen MR) is 101 cm³/mol. The molecule has 6 nitrogen and oxygen atoms in total. The van der Waals surface area contributed by atoms with Crippen molar-refractivity contribution in [2.45, 2.75) is 45.4 Å². The summed E-state index contributed by atoms with van der Waals surface area (Å²) in [6, 6.07) is 4.12.